The third kappa shape index (κ3) is 5.90. The average Bonchev–Trinajstić information content (AvgIpc) is 2.57. The molecule has 0 spiro atoms. The standard InChI is InChI=1S/C18H25NO3S/c1-2-22-18(21)11-6-12-19-17(20)13-23-16-10-5-8-14-7-3-4-9-15(14)16/h3-4,7,9,16H,2,5-6,8,10-13H2,1H3,(H,19,20). The second-order valence-electron chi connectivity index (χ2n) is 5.65. The molecule has 1 amide bonds. The fourth-order valence-corrected chi connectivity index (χ4v) is 4.00. The average molecular weight is 335 g/mol. The maximum atomic E-state index is 11.9. The van der Waals surface area contributed by atoms with Gasteiger partial charge in [0.1, 0.15) is 0 Å². The van der Waals surface area contributed by atoms with Crippen LogP contribution in [0.2, 0.25) is 0 Å². The molecule has 0 aliphatic heterocycles. The van der Waals surface area contributed by atoms with Crippen LogP contribution in [0.25, 0.3) is 0 Å². The normalized spacial score (nSPS) is 16.5. The minimum absolute atomic E-state index is 0.0434. The molecule has 1 aromatic rings. The summed E-state index contributed by atoms with van der Waals surface area (Å²) in [5.41, 5.74) is 2.81. The number of hydrogen-bond donors (Lipinski definition) is 1. The molecule has 126 valence electrons. The van der Waals surface area contributed by atoms with Crippen molar-refractivity contribution in [2.45, 2.75) is 44.3 Å². The number of fused-ring (bicyclic) bond motifs is 1. The van der Waals surface area contributed by atoms with Crippen LogP contribution in [0.1, 0.15) is 49.0 Å². The molecule has 5 heteroatoms. The third-order valence-electron chi connectivity index (χ3n) is 3.92. The minimum atomic E-state index is -0.199. The molecule has 0 saturated carbocycles. The van der Waals surface area contributed by atoms with Gasteiger partial charge >= 0.3 is 5.97 Å². The van der Waals surface area contributed by atoms with Gasteiger partial charge in [0.2, 0.25) is 5.91 Å². The quantitative estimate of drug-likeness (QED) is 0.585. The molecule has 1 N–H and O–H groups in total. The van der Waals surface area contributed by atoms with E-state index in [4.69, 9.17) is 4.74 Å². The van der Waals surface area contributed by atoms with Crippen LogP contribution in [0.5, 0.6) is 0 Å². The first-order chi connectivity index (χ1) is 11.2. The second kappa shape index (κ2) is 9.60. The van der Waals surface area contributed by atoms with Crippen molar-refractivity contribution in [3.05, 3.63) is 35.4 Å². The zero-order chi connectivity index (χ0) is 16.5. The van der Waals surface area contributed by atoms with Gasteiger partial charge in [0.15, 0.2) is 0 Å². The minimum Gasteiger partial charge on any atom is -0.466 e. The van der Waals surface area contributed by atoms with Crippen LogP contribution in [-0.4, -0.2) is 30.8 Å². The topological polar surface area (TPSA) is 55.4 Å². The molecule has 1 atom stereocenters. The van der Waals surface area contributed by atoms with Gasteiger partial charge in [-0.25, -0.2) is 0 Å². The number of aryl methyl sites for hydroxylation is 1. The van der Waals surface area contributed by atoms with E-state index in [9.17, 15) is 9.59 Å². The van der Waals surface area contributed by atoms with Gasteiger partial charge in [-0.05, 0) is 43.7 Å². The van der Waals surface area contributed by atoms with Crippen molar-refractivity contribution < 1.29 is 14.3 Å². The number of benzene rings is 1. The molecule has 0 aromatic heterocycles. The van der Waals surface area contributed by atoms with E-state index in [0.717, 1.165) is 12.8 Å². The number of carbonyl (C=O) groups is 2. The summed E-state index contributed by atoms with van der Waals surface area (Å²) in [6, 6.07) is 8.54. The summed E-state index contributed by atoms with van der Waals surface area (Å²) >= 11 is 1.72. The summed E-state index contributed by atoms with van der Waals surface area (Å²) in [6.45, 7) is 2.73. The highest BCUT2D eigenvalue weighted by atomic mass is 32.2. The molecule has 2 rings (SSSR count). The van der Waals surface area contributed by atoms with Crippen molar-refractivity contribution in [1.29, 1.82) is 0 Å². The maximum Gasteiger partial charge on any atom is 0.305 e. The van der Waals surface area contributed by atoms with E-state index < -0.39 is 0 Å². The van der Waals surface area contributed by atoms with Crippen molar-refractivity contribution in [3.63, 3.8) is 0 Å². The van der Waals surface area contributed by atoms with Gasteiger partial charge in [-0.3, -0.25) is 9.59 Å². The number of amides is 1. The molecule has 1 aliphatic carbocycles. The summed E-state index contributed by atoms with van der Waals surface area (Å²) in [6.07, 6.45) is 4.46. The van der Waals surface area contributed by atoms with Crippen LogP contribution in [0.4, 0.5) is 0 Å². The van der Waals surface area contributed by atoms with Crippen LogP contribution >= 0.6 is 11.8 Å². The van der Waals surface area contributed by atoms with Crippen molar-refractivity contribution in [3.8, 4) is 0 Å². The summed E-state index contributed by atoms with van der Waals surface area (Å²) in [5.74, 6) is 0.315. The first-order valence-electron chi connectivity index (χ1n) is 8.32. The Morgan fingerprint density at radius 2 is 2.17 bits per heavy atom. The lowest BCUT2D eigenvalue weighted by molar-refractivity contribution is -0.143. The Labute approximate surface area is 142 Å². The summed E-state index contributed by atoms with van der Waals surface area (Å²) < 4.78 is 4.85. The third-order valence-corrected chi connectivity index (χ3v) is 5.24. The molecule has 0 bridgehead atoms. The Balaban J connectivity index is 1.66. The first-order valence-corrected chi connectivity index (χ1v) is 9.37. The molecule has 0 fully saturated rings. The number of ether oxygens (including phenoxy) is 1. The zero-order valence-electron chi connectivity index (χ0n) is 13.7. The van der Waals surface area contributed by atoms with E-state index in [1.807, 2.05) is 0 Å². The van der Waals surface area contributed by atoms with Gasteiger partial charge in [-0.15, -0.1) is 11.8 Å². The van der Waals surface area contributed by atoms with Gasteiger partial charge in [-0.1, -0.05) is 24.3 Å². The summed E-state index contributed by atoms with van der Waals surface area (Å²) in [7, 11) is 0. The molecule has 1 aliphatic rings. The molecular formula is C18H25NO3S. The molecule has 0 heterocycles. The number of nitrogens with one attached hydrogen (secondary N) is 1. The Bertz CT molecular complexity index is 533. The second-order valence-corrected chi connectivity index (χ2v) is 6.84. The Morgan fingerprint density at radius 1 is 1.35 bits per heavy atom. The summed E-state index contributed by atoms with van der Waals surface area (Å²) in [5, 5.41) is 3.30. The monoisotopic (exact) mass is 335 g/mol. The predicted molar refractivity (Wildman–Crippen MR) is 93.5 cm³/mol. The summed E-state index contributed by atoms with van der Waals surface area (Å²) in [4.78, 5) is 23.1. The van der Waals surface area contributed by atoms with Crippen molar-refractivity contribution in [2.24, 2.45) is 0 Å². The van der Waals surface area contributed by atoms with E-state index in [1.165, 1.54) is 17.5 Å². The maximum absolute atomic E-state index is 11.9. The zero-order valence-corrected chi connectivity index (χ0v) is 14.5. The van der Waals surface area contributed by atoms with Crippen molar-refractivity contribution >= 4 is 23.6 Å². The van der Waals surface area contributed by atoms with Crippen molar-refractivity contribution in [1.82, 2.24) is 5.32 Å². The smallest absolute Gasteiger partial charge is 0.305 e. The number of carbonyl (C=O) groups excluding carboxylic acids is 2. The molecular weight excluding hydrogens is 310 g/mol. The Hall–Kier alpha value is -1.49. The highest BCUT2D eigenvalue weighted by Gasteiger charge is 2.20. The fourth-order valence-electron chi connectivity index (χ4n) is 2.80. The van der Waals surface area contributed by atoms with Gasteiger partial charge in [-0.2, -0.15) is 0 Å². The Kier molecular flexibility index (Phi) is 7.46. The van der Waals surface area contributed by atoms with Gasteiger partial charge in [0.05, 0.1) is 12.4 Å². The molecule has 1 aromatic carbocycles. The number of esters is 1. The molecule has 23 heavy (non-hydrogen) atoms. The predicted octanol–water partition coefficient (Wildman–Crippen LogP) is 3.26. The van der Waals surface area contributed by atoms with Crippen LogP contribution in [-0.2, 0) is 20.7 Å². The molecule has 0 saturated heterocycles. The number of rotatable bonds is 8. The lowest BCUT2D eigenvalue weighted by Gasteiger charge is -2.24. The van der Waals surface area contributed by atoms with Gasteiger partial charge in [0.25, 0.3) is 0 Å². The molecule has 1 unspecified atom stereocenters. The van der Waals surface area contributed by atoms with Crippen LogP contribution < -0.4 is 5.32 Å². The van der Waals surface area contributed by atoms with E-state index in [2.05, 4.69) is 29.6 Å². The molecule has 0 radical (unpaired) electrons. The van der Waals surface area contributed by atoms with Gasteiger partial charge in [0, 0.05) is 18.2 Å². The van der Waals surface area contributed by atoms with E-state index in [0.29, 0.717) is 37.0 Å². The fraction of sp³-hybridized carbons (Fsp3) is 0.556. The number of hydrogen-bond acceptors (Lipinski definition) is 4. The van der Waals surface area contributed by atoms with Crippen LogP contribution in [0.15, 0.2) is 24.3 Å². The van der Waals surface area contributed by atoms with E-state index in [1.54, 1.807) is 18.7 Å². The highest BCUT2D eigenvalue weighted by Crippen LogP contribution is 2.39. The lowest BCUT2D eigenvalue weighted by atomic mass is 9.91. The SMILES string of the molecule is CCOC(=O)CCCNC(=O)CSC1CCCc2ccccc21. The van der Waals surface area contributed by atoms with Gasteiger partial charge < -0.3 is 10.1 Å². The highest BCUT2D eigenvalue weighted by molar-refractivity contribution is 8.00. The first kappa shape index (κ1) is 17.9. The van der Waals surface area contributed by atoms with Crippen molar-refractivity contribution in [2.75, 3.05) is 18.9 Å². The number of thioether (sulfide) groups is 1. The Morgan fingerprint density at radius 3 is 3.00 bits per heavy atom. The largest absolute Gasteiger partial charge is 0.466 e. The van der Waals surface area contributed by atoms with E-state index >= 15 is 0 Å². The van der Waals surface area contributed by atoms with Crippen LogP contribution in [0.3, 0.4) is 0 Å². The lowest BCUT2D eigenvalue weighted by Crippen LogP contribution is -2.27. The van der Waals surface area contributed by atoms with E-state index in [-0.39, 0.29) is 11.9 Å². The molecule has 4 nitrogen and oxygen atoms in total. The van der Waals surface area contributed by atoms with Crippen LogP contribution in [0, 0.1) is 0 Å².